The van der Waals surface area contributed by atoms with Crippen molar-refractivity contribution in [3.05, 3.63) is 64.7 Å². The van der Waals surface area contributed by atoms with Crippen LogP contribution in [0.5, 0.6) is 5.75 Å². The van der Waals surface area contributed by atoms with Crippen LogP contribution in [-0.4, -0.2) is 5.11 Å². The Balaban J connectivity index is 2.16. The molecule has 0 atom stereocenters. The Morgan fingerprint density at radius 1 is 1.00 bits per heavy atom. The molecule has 0 aromatic heterocycles. The lowest BCUT2D eigenvalue weighted by atomic mass is 10.1. The summed E-state index contributed by atoms with van der Waals surface area (Å²) < 4.78 is 5.79. The van der Waals surface area contributed by atoms with E-state index in [1.165, 1.54) is 11.1 Å². The summed E-state index contributed by atoms with van der Waals surface area (Å²) >= 11 is 0. The standard InChI is InChI=1S/C16H18O2/c1-12-8-15(10-17)16(9-13(12)2)18-11-14-6-4-3-5-7-14/h3-9,17H,10-11H2,1-2H3. The fourth-order valence-electron chi connectivity index (χ4n) is 1.84. The van der Waals surface area contributed by atoms with Crippen LogP contribution in [0.3, 0.4) is 0 Å². The Hall–Kier alpha value is -1.80. The number of hydrogen-bond donors (Lipinski definition) is 1. The highest BCUT2D eigenvalue weighted by Gasteiger charge is 2.06. The second kappa shape index (κ2) is 5.69. The zero-order valence-electron chi connectivity index (χ0n) is 10.8. The first kappa shape index (κ1) is 12.7. The lowest BCUT2D eigenvalue weighted by Crippen LogP contribution is -2.00. The lowest BCUT2D eigenvalue weighted by Gasteiger charge is -2.13. The molecular weight excluding hydrogens is 224 g/mol. The van der Waals surface area contributed by atoms with Crippen LogP contribution in [0, 0.1) is 13.8 Å². The van der Waals surface area contributed by atoms with E-state index in [1.54, 1.807) is 0 Å². The molecule has 2 nitrogen and oxygen atoms in total. The number of rotatable bonds is 4. The molecule has 0 bridgehead atoms. The van der Waals surface area contributed by atoms with Gasteiger partial charge in [0.15, 0.2) is 0 Å². The fraction of sp³-hybridized carbons (Fsp3) is 0.250. The van der Waals surface area contributed by atoms with Gasteiger partial charge in [-0.05, 0) is 42.7 Å². The molecule has 0 aliphatic heterocycles. The number of ether oxygens (including phenoxy) is 1. The Morgan fingerprint density at radius 2 is 1.67 bits per heavy atom. The SMILES string of the molecule is Cc1cc(CO)c(OCc2ccccc2)cc1C. The molecule has 0 aliphatic carbocycles. The van der Waals surface area contributed by atoms with Gasteiger partial charge in [0.2, 0.25) is 0 Å². The molecule has 2 heteroatoms. The van der Waals surface area contributed by atoms with Crippen LogP contribution in [0.25, 0.3) is 0 Å². The number of aliphatic hydroxyl groups excluding tert-OH is 1. The third-order valence-corrected chi connectivity index (χ3v) is 3.08. The van der Waals surface area contributed by atoms with Gasteiger partial charge >= 0.3 is 0 Å². The van der Waals surface area contributed by atoms with Gasteiger partial charge in [0.1, 0.15) is 12.4 Å². The van der Waals surface area contributed by atoms with Crippen LogP contribution < -0.4 is 4.74 Å². The molecule has 0 saturated carbocycles. The average molecular weight is 242 g/mol. The van der Waals surface area contributed by atoms with E-state index >= 15 is 0 Å². The van der Waals surface area contributed by atoms with Gasteiger partial charge in [-0.3, -0.25) is 0 Å². The third-order valence-electron chi connectivity index (χ3n) is 3.08. The third kappa shape index (κ3) is 2.90. The molecule has 1 N–H and O–H groups in total. The average Bonchev–Trinajstić information content (AvgIpc) is 2.41. The van der Waals surface area contributed by atoms with E-state index < -0.39 is 0 Å². The number of aliphatic hydroxyl groups is 1. The Bertz CT molecular complexity index is 518. The van der Waals surface area contributed by atoms with Gasteiger partial charge < -0.3 is 9.84 Å². The summed E-state index contributed by atoms with van der Waals surface area (Å²) in [5.74, 6) is 0.768. The summed E-state index contributed by atoms with van der Waals surface area (Å²) in [4.78, 5) is 0. The van der Waals surface area contributed by atoms with Crippen molar-refractivity contribution in [2.24, 2.45) is 0 Å². The minimum Gasteiger partial charge on any atom is -0.489 e. The van der Waals surface area contributed by atoms with Gasteiger partial charge in [0, 0.05) is 5.56 Å². The zero-order chi connectivity index (χ0) is 13.0. The molecule has 2 rings (SSSR count). The summed E-state index contributed by atoms with van der Waals surface area (Å²) in [6.07, 6.45) is 0. The van der Waals surface area contributed by atoms with E-state index in [2.05, 4.69) is 0 Å². The summed E-state index contributed by atoms with van der Waals surface area (Å²) in [7, 11) is 0. The lowest BCUT2D eigenvalue weighted by molar-refractivity contribution is 0.259. The summed E-state index contributed by atoms with van der Waals surface area (Å²) in [5, 5.41) is 9.35. The zero-order valence-corrected chi connectivity index (χ0v) is 10.8. The molecule has 0 saturated heterocycles. The van der Waals surface area contributed by atoms with Crippen molar-refractivity contribution in [3.8, 4) is 5.75 Å². The second-order valence-corrected chi connectivity index (χ2v) is 4.48. The van der Waals surface area contributed by atoms with Crippen LogP contribution in [0.2, 0.25) is 0 Å². The van der Waals surface area contributed by atoms with Crippen molar-refractivity contribution >= 4 is 0 Å². The highest BCUT2D eigenvalue weighted by molar-refractivity contribution is 5.41. The van der Waals surface area contributed by atoms with E-state index in [9.17, 15) is 5.11 Å². The molecule has 0 unspecified atom stereocenters. The molecule has 94 valence electrons. The van der Waals surface area contributed by atoms with Crippen molar-refractivity contribution in [2.75, 3.05) is 0 Å². The van der Waals surface area contributed by atoms with E-state index in [1.807, 2.05) is 56.3 Å². The van der Waals surface area contributed by atoms with E-state index in [0.717, 1.165) is 16.9 Å². The largest absolute Gasteiger partial charge is 0.489 e. The van der Waals surface area contributed by atoms with Gasteiger partial charge in [-0.2, -0.15) is 0 Å². The number of aryl methyl sites for hydroxylation is 2. The molecule has 0 amide bonds. The first-order valence-corrected chi connectivity index (χ1v) is 6.08. The predicted octanol–water partition coefficient (Wildman–Crippen LogP) is 3.37. The van der Waals surface area contributed by atoms with Crippen LogP contribution in [0.15, 0.2) is 42.5 Å². The van der Waals surface area contributed by atoms with Crippen molar-refractivity contribution < 1.29 is 9.84 Å². The molecule has 0 fully saturated rings. The van der Waals surface area contributed by atoms with Gasteiger partial charge in [-0.15, -0.1) is 0 Å². The number of benzene rings is 2. The van der Waals surface area contributed by atoms with Crippen molar-refractivity contribution in [2.45, 2.75) is 27.1 Å². The maximum absolute atomic E-state index is 9.35. The second-order valence-electron chi connectivity index (χ2n) is 4.48. The maximum Gasteiger partial charge on any atom is 0.125 e. The minimum atomic E-state index is 0.00520. The summed E-state index contributed by atoms with van der Waals surface area (Å²) in [6, 6.07) is 14.0. The van der Waals surface area contributed by atoms with Crippen LogP contribution >= 0.6 is 0 Å². The van der Waals surface area contributed by atoms with E-state index in [0.29, 0.717) is 6.61 Å². The number of hydrogen-bond acceptors (Lipinski definition) is 2. The molecule has 2 aromatic rings. The highest BCUT2D eigenvalue weighted by Crippen LogP contribution is 2.24. The van der Waals surface area contributed by atoms with E-state index in [-0.39, 0.29) is 6.61 Å². The Morgan fingerprint density at radius 3 is 2.33 bits per heavy atom. The summed E-state index contributed by atoms with van der Waals surface area (Å²) in [6.45, 7) is 4.61. The Kier molecular flexibility index (Phi) is 4.00. The fourth-order valence-corrected chi connectivity index (χ4v) is 1.84. The van der Waals surface area contributed by atoms with Gasteiger partial charge in [-0.1, -0.05) is 30.3 Å². The molecule has 0 heterocycles. The first-order chi connectivity index (χ1) is 8.70. The first-order valence-electron chi connectivity index (χ1n) is 6.08. The van der Waals surface area contributed by atoms with Crippen LogP contribution in [0.1, 0.15) is 22.3 Å². The van der Waals surface area contributed by atoms with E-state index in [4.69, 9.17) is 4.74 Å². The van der Waals surface area contributed by atoms with Gasteiger partial charge in [-0.25, -0.2) is 0 Å². The van der Waals surface area contributed by atoms with Gasteiger partial charge in [0.25, 0.3) is 0 Å². The topological polar surface area (TPSA) is 29.5 Å². The normalized spacial score (nSPS) is 10.4. The van der Waals surface area contributed by atoms with Crippen LogP contribution in [-0.2, 0) is 13.2 Å². The van der Waals surface area contributed by atoms with Crippen LogP contribution in [0.4, 0.5) is 0 Å². The smallest absolute Gasteiger partial charge is 0.125 e. The summed E-state index contributed by atoms with van der Waals surface area (Å²) in [5.41, 5.74) is 4.31. The maximum atomic E-state index is 9.35. The molecule has 18 heavy (non-hydrogen) atoms. The molecule has 0 aliphatic rings. The minimum absolute atomic E-state index is 0.00520. The molecule has 2 aromatic carbocycles. The predicted molar refractivity (Wildman–Crippen MR) is 72.6 cm³/mol. The molecule has 0 radical (unpaired) electrons. The molecular formula is C16H18O2. The quantitative estimate of drug-likeness (QED) is 0.890. The van der Waals surface area contributed by atoms with Crippen molar-refractivity contribution in [1.82, 2.24) is 0 Å². The highest BCUT2D eigenvalue weighted by atomic mass is 16.5. The van der Waals surface area contributed by atoms with Crippen molar-refractivity contribution in [3.63, 3.8) is 0 Å². The van der Waals surface area contributed by atoms with Crippen molar-refractivity contribution in [1.29, 1.82) is 0 Å². The Labute approximate surface area is 108 Å². The molecule has 0 spiro atoms. The monoisotopic (exact) mass is 242 g/mol. The van der Waals surface area contributed by atoms with Gasteiger partial charge in [0.05, 0.1) is 6.61 Å².